The van der Waals surface area contributed by atoms with Crippen LogP contribution >= 0.6 is 0 Å². The average Bonchev–Trinajstić information content (AvgIpc) is 2.47. The number of hydrogen-bond acceptors (Lipinski definition) is 3. The van der Waals surface area contributed by atoms with Crippen molar-refractivity contribution in [2.75, 3.05) is 32.8 Å². The molecule has 2 rings (SSSR count). The van der Waals surface area contributed by atoms with Gasteiger partial charge in [-0.15, -0.1) is 0 Å². The van der Waals surface area contributed by atoms with E-state index in [2.05, 4.69) is 24.1 Å². The van der Waals surface area contributed by atoms with E-state index >= 15 is 0 Å². The van der Waals surface area contributed by atoms with Gasteiger partial charge in [-0.3, -0.25) is 4.90 Å². The Morgan fingerprint density at radius 1 is 1.31 bits per heavy atom. The van der Waals surface area contributed by atoms with Gasteiger partial charge in [0.1, 0.15) is 0 Å². The van der Waals surface area contributed by atoms with Gasteiger partial charge in [-0.25, -0.2) is 0 Å². The summed E-state index contributed by atoms with van der Waals surface area (Å²) in [6.45, 7) is 9.81. The summed E-state index contributed by atoms with van der Waals surface area (Å²) in [5.41, 5.74) is 0.289. The zero-order chi connectivity index (χ0) is 9.31. The molecule has 2 fully saturated rings. The molecule has 2 heterocycles. The SMILES string of the molecule is CC1(C)NCC[C@H]1N1CCOCC1. The molecule has 0 bridgehead atoms. The molecule has 0 spiro atoms. The second-order valence-corrected chi connectivity index (χ2v) is 4.60. The largest absolute Gasteiger partial charge is 0.379 e. The topological polar surface area (TPSA) is 24.5 Å². The van der Waals surface area contributed by atoms with Crippen molar-refractivity contribution in [3.05, 3.63) is 0 Å². The van der Waals surface area contributed by atoms with E-state index in [9.17, 15) is 0 Å². The molecule has 1 N–H and O–H groups in total. The Morgan fingerprint density at radius 3 is 2.54 bits per heavy atom. The summed E-state index contributed by atoms with van der Waals surface area (Å²) in [5.74, 6) is 0. The third kappa shape index (κ3) is 1.87. The lowest BCUT2D eigenvalue weighted by molar-refractivity contribution is 0.00574. The van der Waals surface area contributed by atoms with Gasteiger partial charge in [0.25, 0.3) is 0 Å². The van der Waals surface area contributed by atoms with Crippen LogP contribution in [0.2, 0.25) is 0 Å². The number of rotatable bonds is 1. The Balaban J connectivity index is 1.98. The fourth-order valence-electron chi connectivity index (χ4n) is 2.54. The number of hydrogen-bond donors (Lipinski definition) is 1. The van der Waals surface area contributed by atoms with Crippen molar-refractivity contribution in [2.24, 2.45) is 0 Å². The molecule has 0 aliphatic carbocycles. The van der Waals surface area contributed by atoms with Crippen LogP contribution < -0.4 is 5.32 Å². The van der Waals surface area contributed by atoms with Crippen LogP contribution in [0.5, 0.6) is 0 Å². The first kappa shape index (κ1) is 9.44. The number of ether oxygens (including phenoxy) is 1. The molecule has 0 saturated carbocycles. The monoisotopic (exact) mass is 184 g/mol. The van der Waals surface area contributed by atoms with E-state index in [4.69, 9.17) is 4.74 Å². The predicted octanol–water partition coefficient (Wildman–Crippen LogP) is 0.459. The lowest BCUT2D eigenvalue weighted by Crippen LogP contribution is -2.54. The molecular formula is C10H20N2O. The molecule has 0 aromatic heterocycles. The molecular weight excluding hydrogens is 164 g/mol. The van der Waals surface area contributed by atoms with Gasteiger partial charge in [-0.1, -0.05) is 0 Å². The Kier molecular flexibility index (Phi) is 2.58. The van der Waals surface area contributed by atoms with Crippen LogP contribution in [0, 0.1) is 0 Å². The fraction of sp³-hybridized carbons (Fsp3) is 1.00. The van der Waals surface area contributed by atoms with Crippen molar-refractivity contribution >= 4 is 0 Å². The van der Waals surface area contributed by atoms with Crippen molar-refractivity contribution in [1.82, 2.24) is 10.2 Å². The summed E-state index contributed by atoms with van der Waals surface area (Å²) in [7, 11) is 0. The highest BCUT2D eigenvalue weighted by Gasteiger charge is 2.38. The maximum absolute atomic E-state index is 5.37. The third-order valence-electron chi connectivity index (χ3n) is 3.32. The predicted molar refractivity (Wildman–Crippen MR) is 52.9 cm³/mol. The highest BCUT2D eigenvalue weighted by Crippen LogP contribution is 2.24. The molecule has 2 saturated heterocycles. The van der Waals surface area contributed by atoms with Crippen LogP contribution in [0.1, 0.15) is 20.3 Å². The van der Waals surface area contributed by atoms with E-state index in [-0.39, 0.29) is 5.54 Å². The molecule has 13 heavy (non-hydrogen) atoms. The molecule has 2 aliphatic rings. The molecule has 0 amide bonds. The lowest BCUT2D eigenvalue weighted by atomic mass is 9.95. The van der Waals surface area contributed by atoms with Crippen LogP contribution in [0.4, 0.5) is 0 Å². The Labute approximate surface area is 80.4 Å². The van der Waals surface area contributed by atoms with Gasteiger partial charge in [0, 0.05) is 24.7 Å². The van der Waals surface area contributed by atoms with E-state index in [1.54, 1.807) is 0 Å². The first-order valence-electron chi connectivity index (χ1n) is 5.27. The van der Waals surface area contributed by atoms with Crippen molar-refractivity contribution in [1.29, 1.82) is 0 Å². The summed E-state index contributed by atoms with van der Waals surface area (Å²) in [4.78, 5) is 2.57. The molecule has 0 unspecified atom stereocenters. The number of morpholine rings is 1. The summed E-state index contributed by atoms with van der Waals surface area (Å²) in [6, 6.07) is 0.705. The Hall–Kier alpha value is -0.120. The quantitative estimate of drug-likeness (QED) is 0.641. The van der Waals surface area contributed by atoms with E-state index in [1.165, 1.54) is 6.42 Å². The summed E-state index contributed by atoms with van der Waals surface area (Å²) in [6.07, 6.45) is 1.28. The smallest absolute Gasteiger partial charge is 0.0594 e. The van der Waals surface area contributed by atoms with Crippen molar-refractivity contribution in [3.63, 3.8) is 0 Å². The minimum atomic E-state index is 0.289. The first-order chi connectivity index (χ1) is 6.20. The molecule has 0 aromatic rings. The van der Waals surface area contributed by atoms with Crippen LogP contribution in [0.25, 0.3) is 0 Å². The number of nitrogens with zero attached hydrogens (tertiary/aromatic N) is 1. The standard InChI is InChI=1S/C10H20N2O/c1-10(2)9(3-4-11-10)12-5-7-13-8-6-12/h9,11H,3-8H2,1-2H3/t9-/m1/s1. The molecule has 0 aromatic carbocycles. The first-order valence-corrected chi connectivity index (χ1v) is 5.27. The summed E-state index contributed by atoms with van der Waals surface area (Å²) < 4.78 is 5.37. The third-order valence-corrected chi connectivity index (χ3v) is 3.32. The summed E-state index contributed by atoms with van der Waals surface area (Å²) in [5, 5.41) is 3.56. The average molecular weight is 184 g/mol. The minimum absolute atomic E-state index is 0.289. The van der Waals surface area contributed by atoms with Crippen molar-refractivity contribution in [2.45, 2.75) is 31.8 Å². The molecule has 2 aliphatic heterocycles. The highest BCUT2D eigenvalue weighted by atomic mass is 16.5. The lowest BCUT2D eigenvalue weighted by Gasteiger charge is -2.39. The van der Waals surface area contributed by atoms with Crippen LogP contribution in [-0.4, -0.2) is 49.3 Å². The van der Waals surface area contributed by atoms with E-state index in [0.717, 1.165) is 32.8 Å². The molecule has 3 nitrogen and oxygen atoms in total. The van der Waals surface area contributed by atoms with Gasteiger partial charge < -0.3 is 10.1 Å². The molecule has 0 radical (unpaired) electrons. The minimum Gasteiger partial charge on any atom is -0.379 e. The summed E-state index contributed by atoms with van der Waals surface area (Å²) >= 11 is 0. The Morgan fingerprint density at radius 2 is 2.00 bits per heavy atom. The van der Waals surface area contributed by atoms with Gasteiger partial charge in [0.05, 0.1) is 13.2 Å². The normalized spacial score (nSPS) is 35.1. The van der Waals surface area contributed by atoms with E-state index in [0.29, 0.717) is 6.04 Å². The van der Waals surface area contributed by atoms with Crippen LogP contribution in [-0.2, 0) is 4.74 Å². The van der Waals surface area contributed by atoms with Crippen LogP contribution in [0.3, 0.4) is 0 Å². The fourth-order valence-corrected chi connectivity index (χ4v) is 2.54. The van der Waals surface area contributed by atoms with Gasteiger partial charge in [0.2, 0.25) is 0 Å². The zero-order valence-electron chi connectivity index (χ0n) is 8.68. The Bertz CT molecular complexity index is 176. The van der Waals surface area contributed by atoms with E-state index < -0.39 is 0 Å². The van der Waals surface area contributed by atoms with E-state index in [1.807, 2.05) is 0 Å². The molecule has 1 atom stereocenters. The number of nitrogens with one attached hydrogen (secondary N) is 1. The maximum atomic E-state index is 5.37. The molecule has 3 heteroatoms. The second kappa shape index (κ2) is 3.56. The second-order valence-electron chi connectivity index (χ2n) is 4.60. The van der Waals surface area contributed by atoms with Gasteiger partial charge in [-0.05, 0) is 26.8 Å². The van der Waals surface area contributed by atoms with Gasteiger partial charge >= 0.3 is 0 Å². The van der Waals surface area contributed by atoms with Crippen molar-refractivity contribution < 1.29 is 4.74 Å². The van der Waals surface area contributed by atoms with Gasteiger partial charge in [-0.2, -0.15) is 0 Å². The molecule has 76 valence electrons. The highest BCUT2D eigenvalue weighted by molar-refractivity contribution is 4.98. The maximum Gasteiger partial charge on any atom is 0.0594 e. The van der Waals surface area contributed by atoms with Crippen LogP contribution in [0.15, 0.2) is 0 Å². The van der Waals surface area contributed by atoms with Gasteiger partial charge in [0.15, 0.2) is 0 Å². The van der Waals surface area contributed by atoms with Crippen molar-refractivity contribution in [3.8, 4) is 0 Å². The zero-order valence-corrected chi connectivity index (χ0v) is 8.68.